The van der Waals surface area contributed by atoms with Crippen LogP contribution in [0.2, 0.25) is 0 Å². The zero-order valence-electron chi connectivity index (χ0n) is 14.4. The van der Waals surface area contributed by atoms with Crippen LogP contribution in [-0.4, -0.2) is 54.4 Å². The number of carbonyl (C=O) groups excluding carboxylic acids is 2. The molecule has 0 aromatic heterocycles. The zero-order chi connectivity index (χ0) is 17.2. The molecule has 5 heteroatoms. The van der Waals surface area contributed by atoms with Crippen molar-refractivity contribution in [1.29, 1.82) is 0 Å². The Hall–Kier alpha value is -2.30. The molecule has 5 nitrogen and oxygen atoms in total. The molecular weight excluding hydrogens is 316 g/mol. The van der Waals surface area contributed by atoms with Crippen molar-refractivity contribution in [2.75, 3.05) is 32.8 Å². The van der Waals surface area contributed by atoms with Crippen LogP contribution in [0.15, 0.2) is 29.8 Å². The van der Waals surface area contributed by atoms with Crippen molar-refractivity contribution >= 4 is 17.9 Å². The van der Waals surface area contributed by atoms with E-state index in [1.165, 1.54) is 12.8 Å². The molecule has 2 aliphatic heterocycles. The number of rotatable bonds is 2. The number of carbonyl (C=O) groups is 2. The summed E-state index contributed by atoms with van der Waals surface area (Å²) in [4.78, 5) is 29.1. The number of ether oxygens (including phenoxy) is 1. The van der Waals surface area contributed by atoms with Gasteiger partial charge >= 0.3 is 0 Å². The lowest BCUT2D eigenvalue weighted by Crippen LogP contribution is -2.52. The van der Waals surface area contributed by atoms with Crippen molar-refractivity contribution in [3.8, 4) is 5.75 Å². The van der Waals surface area contributed by atoms with Crippen LogP contribution in [0.1, 0.15) is 31.2 Å². The Bertz CT molecular complexity index is 699. The molecule has 2 amide bonds. The molecular formula is C20H24N2O3. The Kier molecular flexibility index (Phi) is 4.47. The molecule has 3 aliphatic rings. The van der Waals surface area contributed by atoms with E-state index in [-0.39, 0.29) is 11.8 Å². The van der Waals surface area contributed by atoms with Crippen LogP contribution in [0.4, 0.5) is 0 Å². The highest BCUT2D eigenvalue weighted by atomic mass is 16.5. The Morgan fingerprint density at radius 3 is 2.40 bits per heavy atom. The third-order valence-electron chi connectivity index (χ3n) is 5.49. The van der Waals surface area contributed by atoms with E-state index in [1.807, 2.05) is 40.1 Å². The molecule has 0 atom stereocenters. The molecule has 1 saturated carbocycles. The molecule has 2 heterocycles. The summed E-state index contributed by atoms with van der Waals surface area (Å²) < 4.78 is 5.69. The molecule has 1 aromatic carbocycles. The fourth-order valence-corrected chi connectivity index (χ4v) is 4.00. The molecule has 1 aromatic rings. The van der Waals surface area contributed by atoms with Gasteiger partial charge in [0.1, 0.15) is 12.4 Å². The van der Waals surface area contributed by atoms with Crippen LogP contribution in [0.3, 0.4) is 0 Å². The lowest BCUT2D eigenvalue weighted by Gasteiger charge is -2.36. The monoisotopic (exact) mass is 340 g/mol. The second-order valence-electron chi connectivity index (χ2n) is 7.09. The summed E-state index contributed by atoms with van der Waals surface area (Å²) in [5.74, 6) is 1.36. The minimum Gasteiger partial charge on any atom is -0.488 e. The van der Waals surface area contributed by atoms with Crippen LogP contribution in [0.25, 0.3) is 6.08 Å². The number of benzene rings is 1. The smallest absolute Gasteiger partial charge is 0.253 e. The van der Waals surface area contributed by atoms with Gasteiger partial charge < -0.3 is 14.5 Å². The highest BCUT2D eigenvalue weighted by Crippen LogP contribution is 2.28. The maximum absolute atomic E-state index is 12.8. The average Bonchev–Trinajstić information content (AvgIpc) is 3.21. The first-order chi connectivity index (χ1) is 12.2. The van der Waals surface area contributed by atoms with Crippen molar-refractivity contribution in [3.63, 3.8) is 0 Å². The number of amides is 2. The van der Waals surface area contributed by atoms with E-state index in [0.717, 1.165) is 24.2 Å². The highest BCUT2D eigenvalue weighted by Gasteiger charge is 2.31. The quantitative estimate of drug-likeness (QED) is 0.830. The van der Waals surface area contributed by atoms with Gasteiger partial charge in [0, 0.05) is 37.7 Å². The molecule has 1 saturated heterocycles. The highest BCUT2D eigenvalue weighted by molar-refractivity contribution is 5.99. The summed E-state index contributed by atoms with van der Waals surface area (Å²) in [6.45, 7) is 2.82. The predicted octanol–water partition coefficient (Wildman–Crippen LogP) is 2.32. The lowest BCUT2D eigenvalue weighted by molar-refractivity contribution is -0.140. The molecule has 4 rings (SSSR count). The first kappa shape index (κ1) is 16.2. The van der Waals surface area contributed by atoms with E-state index in [2.05, 4.69) is 0 Å². The maximum atomic E-state index is 12.8. The van der Waals surface area contributed by atoms with Gasteiger partial charge in [-0.05, 0) is 25.0 Å². The third-order valence-corrected chi connectivity index (χ3v) is 5.49. The molecule has 132 valence electrons. The summed E-state index contributed by atoms with van der Waals surface area (Å²) >= 11 is 0. The molecule has 2 fully saturated rings. The van der Waals surface area contributed by atoms with E-state index in [0.29, 0.717) is 44.3 Å². The maximum Gasteiger partial charge on any atom is 0.253 e. The normalized spacial score (nSPS) is 20.7. The Balaban J connectivity index is 1.37. The van der Waals surface area contributed by atoms with Gasteiger partial charge in [-0.15, -0.1) is 0 Å². The summed E-state index contributed by atoms with van der Waals surface area (Å²) in [5.41, 5.74) is 1.64. The third kappa shape index (κ3) is 3.28. The first-order valence-electron chi connectivity index (χ1n) is 9.23. The van der Waals surface area contributed by atoms with Gasteiger partial charge in [0.15, 0.2) is 0 Å². The van der Waals surface area contributed by atoms with Gasteiger partial charge in [-0.3, -0.25) is 9.59 Å². The van der Waals surface area contributed by atoms with Gasteiger partial charge in [0.25, 0.3) is 5.91 Å². The molecule has 1 aliphatic carbocycles. The molecule has 0 radical (unpaired) electrons. The van der Waals surface area contributed by atoms with Crippen LogP contribution in [0, 0.1) is 5.92 Å². The molecule has 0 bridgehead atoms. The lowest BCUT2D eigenvalue weighted by atomic mass is 10.1. The fourth-order valence-electron chi connectivity index (χ4n) is 4.00. The molecule has 25 heavy (non-hydrogen) atoms. The van der Waals surface area contributed by atoms with E-state index in [9.17, 15) is 9.59 Å². The fraction of sp³-hybridized carbons (Fsp3) is 0.500. The molecule has 0 N–H and O–H groups in total. The van der Waals surface area contributed by atoms with Crippen LogP contribution < -0.4 is 4.74 Å². The van der Waals surface area contributed by atoms with E-state index >= 15 is 0 Å². The van der Waals surface area contributed by atoms with Crippen LogP contribution in [0.5, 0.6) is 5.75 Å². The number of hydrogen-bond acceptors (Lipinski definition) is 3. The second-order valence-corrected chi connectivity index (χ2v) is 7.09. The number of para-hydroxylation sites is 1. The summed E-state index contributed by atoms with van der Waals surface area (Å²) in [6.07, 6.45) is 6.33. The van der Waals surface area contributed by atoms with Gasteiger partial charge in [-0.25, -0.2) is 0 Å². The minimum absolute atomic E-state index is 0.0301. The Labute approximate surface area is 148 Å². The topological polar surface area (TPSA) is 49.9 Å². The van der Waals surface area contributed by atoms with Crippen LogP contribution >= 0.6 is 0 Å². The summed E-state index contributed by atoms with van der Waals surface area (Å²) in [5, 5.41) is 0. The zero-order valence-corrected chi connectivity index (χ0v) is 14.4. The minimum atomic E-state index is 0.0301. The van der Waals surface area contributed by atoms with E-state index in [1.54, 1.807) is 0 Å². The van der Waals surface area contributed by atoms with Gasteiger partial charge in [-0.1, -0.05) is 31.0 Å². The number of hydrogen-bond donors (Lipinski definition) is 0. The van der Waals surface area contributed by atoms with Crippen molar-refractivity contribution in [2.45, 2.75) is 25.7 Å². The SMILES string of the molecule is O=C(C1=Cc2ccccc2OC1)N1CCN(C(=O)C2CCCC2)CC1. The summed E-state index contributed by atoms with van der Waals surface area (Å²) in [6, 6.07) is 7.75. The number of nitrogens with zero attached hydrogens (tertiary/aromatic N) is 2. The van der Waals surface area contributed by atoms with Crippen molar-refractivity contribution < 1.29 is 14.3 Å². The first-order valence-corrected chi connectivity index (χ1v) is 9.23. The standard InChI is InChI=1S/C20H24N2O3/c23-19(15-5-1-2-6-15)21-9-11-22(12-10-21)20(24)17-13-16-7-3-4-8-18(16)25-14-17/h3-4,7-8,13,15H,1-2,5-6,9-12,14H2. The average molecular weight is 340 g/mol. The Morgan fingerprint density at radius 1 is 0.960 bits per heavy atom. The van der Waals surface area contributed by atoms with Crippen LogP contribution in [-0.2, 0) is 9.59 Å². The van der Waals surface area contributed by atoms with Gasteiger partial charge in [-0.2, -0.15) is 0 Å². The van der Waals surface area contributed by atoms with Crippen molar-refractivity contribution in [1.82, 2.24) is 9.80 Å². The largest absolute Gasteiger partial charge is 0.488 e. The van der Waals surface area contributed by atoms with E-state index in [4.69, 9.17) is 4.74 Å². The van der Waals surface area contributed by atoms with E-state index < -0.39 is 0 Å². The number of piperazine rings is 1. The predicted molar refractivity (Wildman–Crippen MR) is 95.0 cm³/mol. The van der Waals surface area contributed by atoms with Gasteiger partial charge in [0.2, 0.25) is 5.91 Å². The second kappa shape index (κ2) is 6.90. The van der Waals surface area contributed by atoms with Crippen molar-refractivity contribution in [3.05, 3.63) is 35.4 Å². The number of fused-ring (bicyclic) bond motifs is 1. The molecule has 0 unspecified atom stereocenters. The van der Waals surface area contributed by atoms with Gasteiger partial charge in [0.05, 0.1) is 5.57 Å². The summed E-state index contributed by atoms with van der Waals surface area (Å²) in [7, 11) is 0. The molecule has 0 spiro atoms. The Morgan fingerprint density at radius 2 is 1.64 bits per heavy atom. The van der Waals surface area contributed by atoms with Crippen molar-refractivity contribution in [2.24, 2.45) is 5.92 Å².